The normalized spacial score (nSPS) is 16.6. The molecule has 0 unspecified atom stereocenters. The number of aromatic nitrogens is 3. The fourth-order valence-electron chi connectivity index (χ4n) is 4.98. The van der Waals surface area contributed by atoms with Gasteiger partial charge in [-0.05, 0) is 67.8 Å². The lowest BCUT2D eigenvalue weighted by atomic mass is 9.88. The second-order valence-electron chi connectivity index (χ2n) is 9.54. The summed E-state index contributed by atoms with van der Waals surface area (Å²) >= 11 is 1.55. The predicted octanol–water partition coefficient (Wildman–Crippen LogP) is 5.97. The number of nitrogens with zero attached hydrogens (tertiary/aromatic N) is 4. The SMILES string of the molecule is Cc1nc2sc([C@H](c3ccc(C(C)C)cc3)N3CCC(Cc4ccccc4)CC3)c(O)n2n1. The second-order valence-corrected chi connectivity index (χ2v) is 10.5. The maximum absolute atomic E-state index is 11.1. The Kier molecular flexibility index (Phi) is 6.21. The van der Waals surface area contributed by atoms with Crippen LogP contribution in [0.2, 0.25) is 0 Å². The van der Waals surface area contributed by atoms with Gasteiger partial charge in [-0.3, -0.25) is 4.90 Å². The Balaban J connectivity index is 1.42. The van der Waals surface area contributed by atoms with E-state index in [4.69, 9.17) is 0 Å². The van der Waals surface area contributed by atoms with Gasteiger partial charge in [-0.15, -0.1) is 5.10 Å². The molecule has 2 aromatic heterocycles. The summed E-state index contributed by atoms with van der Waals surface area (Å²) < 4.78 is 1.59. The Morgan fingerprint density at radius 1 is 1.00 bits per heavy atom. The molecule has 0 aliphatic carbocycles. The van der Waals surface area contributed by atoms with Gasteiger partial charge < -0.3 is 5.11 Å². The van der Waals surface area contributed by atoms with Crippen LogP contribution in [-0.2, 0) is 6.42 Å². The highest BCUT2D eigenvalue weighted by Gasteiger charge is 2.32. The van der Waals surface area contributed by atoms with Gasteiger partial charge in [0.1, 0.15) is 5.82 Å². The Morgan fingerprint density at radius 3 is 2.30 bits per heavy atom. The summed E-state index contributed by atoms with van der Waals surface area (Å²) in [6.07, 6.45) is 3.47. The minimum atomic E-state index is 0.0118. The molecule has 1 N–H and O–H groups in total. The van der Waals surface area contributed by atoms with Gasteiger partial charge in [0.15, 0.2) is 0 Å². The fraction of sp³-hybridized carbons (Fsp3) is 0.407. The Morgan fingerprint density at radius 2 is 1.67 bits per heavy atom. The molecule has 3 heterocycles. The predicted molar refractivity (Wildman–Crippen MR) is 134 cm³/mol. The number of aryl methyl sites for hydroxylation is 1. The summed E-state index contributed by atoms with van der Waals surface area (Å²) in [6, 6.07) is 19.8. The minimum absolute atomic E-state index is 0.0118. The van der Waals surface area contributed by atoms with Crippen molar-refractivity contribution in [2.24, 2.45) is 5.92 Å². The van der Waals surface area contributed by atoms with Gasteiger partial charge in [-0.25, -0.2) is 4.98 Å². The molecule has 1 aliphatic rings. The maximum atomic E-state index is 11.1. The zero-order chi connectivity index (χ0) is 22.9. The smallest absolute Gasteiger partial charge is 0.230 e. The van der Waals surface area contributed by atoms with Crippen LogP contribution in [0.3, 0.4) is 0 Å². The first-order chi connectivity index (χ1) is 16.0. The maximum Gasteiger partial charge on any atom is 0.230 e. The molecule has 5 rings (SSSR count). The number of benzene rings is 2. The van der Waals surface area contributed by atoms with E-state index in [-0.39, 0.29) is 11.9 Å². The average molecular weight is 461 g/mol. The summed E-state index contributed by atoms with van der Waals surface area (Å²) in [6.45, 7) is 8.33. The first-order valence-corrected chi connectivity index (χ1v) is 12.7. The molecule has 33 heavy (non-hydrogen) atoms. The quantitative estimate of drug-likeness (QED) is 0.385. The molecule has 2 aromatic carbocycles. The molecule has 1 saturated heterocycles. The molecule has 0 bridgehead atoms. The monoisotopic (exact) mass is 460 g/mol. The van der Waals surface area contributed by atoms with Crippen molar-refractivity contribution in [3.8, 4) is 5.88 Å². The molecular weight excluding hydrogens is 428 g/mol. The first kappa shape index (κ1) is 22.1. The molecule has 6 heteroatoms. The number of rotatable bonds is 6. The molecule has 1 atom stereocenters. The second kappa shape index (κ2) is 9.27. The zero-order valence-electron chi connectivity index (χ0n) is 19.6. The van der Waals surface area contributed by atoms with Gasteiger partial charge in [0.05, 0.1) is 10.9 Å². The van der Waals surface area contributed by atoms with E-state index in [1.807, 2.05) is 6.92 Å². The molecule has 172 valence electrons. The van der Waals surface area contributed by atoms with E-state index in [0.717, 1.165) is 42.2 Å². The molecule has 0 saturated carbocycles. The molecule has 0 amide bonds. The lowest BCUT2D eigenvalue weighted by Crippen LogP contribution is -2.37. The standard InChI is InChI=1S/C27H32N4OS/c1-18(2)22-9-11-23(12-10-22)24(25-26(32)31-27(33-25)28-19(3)29-31)30-15-13-21(14-16-30)17-20-7-5-4-6-8-20/h4-12,18,21,24,32H,13-17H2,1-3H3/t24-/m0/s1. The average Bonchev–Trinajstić information content (AvgIpc) is 3.33. The Hall–Kier alpha value is -2.70. The van der Waals surface area contributed by atoms with Crippen LogP contribution in [0.15, 0.2) is 54.6 Å². The number of hydrogen-bond donors (Lipinski definition) is 1. The van der Waals surface area contributed by atoms with Crippen molar-refractivity contribution in [1.82, 2.24) is 19.5 Å². The van der Waals surface area contributed by atoms with Gasteiger partial charge in [0, 0.05) is 0 Å². The van der Waals surface area contributed by atoms with Crippen LogP contribution < -0.4 is 0 Å². The number of fused-ring (bicyclic) bond motifs is 1. The zero-order valence-corrected chi connectivity index (χ0v) is 20.4. The molecule has 1 aliphatic heterocycles. The summed E-state index contributed by atoms with van der Waals surface area (Å²) in [5.41, 5.74) is 3.98. The molecule has 5 nitrogen and oxygen atoms in total. The van der Waals surface area contributed by atoms with E-state index in [2.05, 4.69) is 83.4 Å². The van der Waals surface area contributed by atoms with E-state index < -0.39 is 0 Å². The van der Waals surface area contributed by atoms with Crippen molar-refractivity contribution in [3.05, 3.63) is 82.0 Å². The van der Waals surface area contributed by atoms with Gasteiger partial charge in [-0.2, -0.15) is 4.52 Å². The van der Waals surface area contributed by atoms with Crippen molar-refractivity contribution in [2.75, 3.05) is 13.1 Å². The van der Waals surface area contributed by atoms with Crippen LogP contribution in [0.1, 0.15) is 66.0 Å². The van der Waals surface area contributed by atoms with Crippen molar-refractivity contribution in [3.63, 3.8) is 0 Å². The number of aromatic hydroxyl groups is 1. The summed E-state index contributed by atoms with van der Waals surface area (Å²) in [5.74, 6) is 2.10. The number of thiazole rings is 1. The molecule has 1 fully saturated rings. The lowest BCUT2D eigenvalue weighted by Gasteiger charge is -2.37. The third-order valence-corrected chi connectivity index (χ3v) is 7.93. The van der Waals surface area contributed by atoms with E-state index in [1.54, 1.807) is 15.9 Å². The number of likely N-dealkylation sites (tertiary alicyclic amines) is 1. The van der Waals surface area contributed by atoms with Crippen molar-refractivity contribution in [2.45, 2.75) is 52.0 Å². The summed E-state index contributed by atoms with van der Waals surface area (Å²) in [7, 11) is 0. The summed E-state index contributed by atoms with van der Waals surface area (Å²) in [5, 5.41) is 15.5. The number of piperidine rings is 1. The fourth-order valence-corrected chi connectivity index (χ4v) is 6.14. The van der Waals surface area contributed by atoms with Crippen LogP contribution in [0, 0.1) is 12.8 Å². The van der Waals surface area contributed by atoms with Gasteiger partial charge >= 0.3 is 0 Å². The van der Waals surface area contributed by atoms with Gasteiger partial charge in [-0.1, -0.05) is 79.8 Å². The topological polar surface area (TPSA) is 53.7 Å². The van der Waals surface area contributed by atoms with E-state index in [0.29, 0.717) is 17.7 Å². The Bertz CT molecular complexity index is 1200. The number of hydrogen-bond acceptors (Lipinski definition) is 5. The Labute approximate surface area is 199 Å². The highest BCUT2D eigenvalue weighted by atomic mass is 32.1. The third-order valence-electron chi connectivity index (χ3n) is 6.85. The van der Waals surface area contributed by atoms with Gasteiger partial charge in [0.25, 0.3) is 0 Å². The molecule has 0 spiro atoms. The van der Waals surface area contributed by atoms with Crippen LogP contribution >= 0.6 is 11.3 Å². The molecule has 0 radical (unpaired) electrons. The van der Waals surface area contributed by atoms with Crippen molar-refractivity contribution >= 4 is 16.3 Å². The van der Waals surface area contributed by atoms with Crippen molar-refractivity contribution < 1.29 is 5.11 Å². The third kappa shape index (κ3) is 4.55. The lowest BCUT2D eigenvalue weighted by molar-refractivity contribution is 0.150. The van der Waals surface area contributed by atoms with Crippen molar-refractivity contribution in [1.29, 1.82) is 0 Å². The van der Waals surface area contributed by atoms with Crippen LogP contribution in [-0.4, -0.2) is 37.7 Å². The van der Waals surface area contributed by atoms with E-state index in [9.17, 15) is 5.11 Å². The highest BCUT2D eigenvalue weighted by molar-refractivity contribution is 7.17. The molecular formula is C27H32N4OS. The minimum Gasteiger partial charge on any atom is -0.492 e. The van der Waals surface area contributed by atoms with Gasteiger partial charge in [0.2, 0.25) is 10.8 Å². The van der Waals surface area contributed by atoms with E-state index in [1.165, 1.54) is 16.7 Å². The molecule has 4 aromatic rings. The van der Waals surface area contributed by atoms with Crippen LogP contribution in [0.25, 0.3) is 4.96 Å². The van der Waals surface area contributed by atoms with Crippen LogP contribution in [0.5, 0.6) is 5.88 Å². The first-order valence-electron chi connectivity index (χ1n) is 11.9. The summed E-state index contributed by atoms with van der Waals surface area (Å²) in [4.78, 5) is 8.72. The van der Waals surface area contributed by atoms with E-state index >= 15 is 0 Å². The highest BCUT2D eigenvalue weighted by Crippen LogP contribution is 2.41. The largest absolute Gasteiger partial charge is 0.492 e. The van der Waals surface area contributed by atoms with Crippen LogP contribution in [0.4, 0.5) is 0 Å².